The summed E-state index contributed by atoms with van der Waals surface area (Å²) in [5, 5.41) is 9.70. The van der Waals surface area contributed by atoms with Gasteiger partial charge in [-0.25, -0.2) is 4.79 Å². The molecular formula is C37H74ClNO3. The van der Waals surface area contributed by atoms with Crippen molar-refractivity contribution in [1.29, 1.82) is 0 Å². The number of amides is 1. The van der Waals surface area contributed by atoms with Gasteiger partial charge in [-0.05, 0) is 19.8 Å². The van der Waals surface area contributed by atoms with Crippen molar-refractivity contribution >= 4 is 11.7 Å². The molecule has 0 aliphatic rings. The molecule has 0 spiro atoms. The third kappa shape index (κ3) is 26.0. The molecule has 1 amide bonds. The fraction of sp³-hybridized carbons (Fsp3) is 0.946. The minimum atomic E-state index is -0.0375. The van der Waals surface area contributed by atoms with Crippen LogP contribution < -0.4 is 12.4 Å². The number of likely N-dealkylation sites (N-methyl/N-ethyl adjacent to an activating group) is 1. The lowest BCUT2D eigenvalue weighted by atomic mass is 10.0. The minimum absolute atomic E-state index is 0. The number of unbranched alkanes of at least 4 members (excludes halogenated alkanes) is 24. The number of aliphatic hydroxyl groups excluding tert-OH is 1. The lowest BCUT2D eigenvalue weighted by Gasteiger charge is -2.34. The van der Waals surface area contributed by atoms with Crippen LogP contribution in [0.1, 0.15) is 201 Å². The molecule has 0 heterocycles. The second-order valence-corrected chi connectivity index (χ2v) is 13.0. The summed E-state index contributed by atoms with van der Waals surface area (Å²) in [4.78, 5) is 26.1. The molecule has 252 valence electrons. The Labute approximate surface area is 269 Å². The molecule has 0 bridgehead atoms. The molecule has 1 N–H and O–H groups in total. The summed E-state index contributed by atoms with van der Waals surface area (Å²) >= 11 is 0. The molecule has 0 saturated heterocycles. The van der Waals surface area contributed by atoms with Gasteiger partial charge < -0.3 is 17.5 Å². The van der Waals surface area contributed by atoms with Gasteiger partial charge in [0.1, 0.15) is 13.1 Å². The van der Waals surface area contributed by atoms with Crippen LogP contribution >= 0.6 is 0 Å². The Balaban J connectivity index is 0. The number of aliphatic hydroxyl groups is 1. The summed E-state index contributed by atoms with van der Waals surface area (Å²) in [6.07, 6.45) is 34.8. The van der Waals surface area contributed by atoms with Gasteiger partial charge in [-0.1, -0.05) is 168 Å². The van der Waals surface area contributed by atoms with Gasteiger partial charge in [0.2, 0.25) is 0 Å². The van der Waals surface area contributed by atoms with E-state index in [1.165, 1.54) is 141 Å². The molecule has 0 aromatic carbocycles. The second-order valence-electron chi connectivity index (χ2n) is 13.0. The van der Waals surface area contributed by atoms with Crippen LogP contribution in [0.25, 0.3) is 0 Å². The van der Waals surface area contributed by atoms with Crippen molar-refractivity contribution in [3.05, 3.63) is 0 Å². The van der Waals surface area contributed by atoms with E-state index in [2.05, 4.69) is 13.8 Å². The number of nitrogens with zero attached hydrogens (tertiary/aromatic N) is 1. The van der Waals surface area contributed by atoms with Gasteiger partial charge in [0.25, 0.3) is 0 Å². The van der Waals surface area contributed by atoms with Crippen molar-refractivity contribution in [2.75, 3.05) is 26.2 Å². The molecule has 0 rings (SSSR count). The van der Waals surface area contributed by atoms with Crippen LogP contribution in [-0.4, -0.2) is 47.5 Å². The number of carbonyl (C=O) groups is 2. The topological polar surface area (TPSA) is 54.4 Å². The molecule has 4 nitrogen and oxygen atoms in total. The molecule has 0 radical (unpaired) electrons. The van der Waals surface area contributed by atoms with E-state index in [0.717, 1.165) is 25.7 Å². The Morgan fingerprint density at radius 2 is 0.786 bits per heavy atom. The van der Waals surface area contributed by atoms with Gasteiger partial charge in [0, 0.05) is 6.42 Å². The molecule has 0 aliphatic heterocycles. The minimum Gasteiger partial charge on any atom is -1.00 e. The van der Waals surface area contributed by atoms with E-state index in [9.17, 15) is 14.7 Å². The largest absolute Gasteiger partial charge is 1.00 e. The summed E-state index contributed by atoms with van der Waals surface area (Å²) in [5.41, 5.74) is 0. The van der Waals surface area contributed by atoms with Crippen molar-refractivity contribution in [3.8, 4) is 0 Å². The number of halogens is 1. The van der Waals surface area contributed by atoms with Gasteiger partial charge in [-0.15, -0.1) is 0 Å². The van der Waals surface area contributed by atoms with E-state index in [-0.39, 0.29) is 41.7 Å². The third-order valence-corrected chi connectivity index (χ3v) is 9.19. The number of Topliss-reactive ketones (excluding diaryl/α,β-unsaturated/α-hetero) is 1. The van der Waals surface area contributed by atoms with Crippen LogP contribution in [0.3, 0.4) is 0 Å². The normalized spacial score (nSPS) is 12.7. The maximum absolute atomic E-state index is 13.2. The predicted octanol–water partition coefficient (Wildman–Crippen LogP) is 7.88. The van der Waals surface area contributed by atoms with Gasteiger partial charge >= 0.3 is 5.91 Å². The van der Waals surface area contributed by atoms with E-state index >= 15 is 0 Å². The molecule has 1 atom stereocenters. The van der Waals surface area contributed by atoms with Gasteiger partial charge in [0.15, 0.2) is 5.78 Å². The predicted molar refractivity (Wildman–Crippen MR) is 178 cm³/mol. The molecule has 42 heavy (non-hydrogen) atoms. The fourth-order valence-corrected chi connectivity index (χ4v) is 6.22. The molecule has 0 aromatic rings. The first kappa shape index (κ1) is 43.7. The first-order chi connectivity index (χ1) is 20.1. The van der Waals surface area contributed by atoms with Crippen LogP contribution in [0.15, 0.2) is 0 Å². The van der Waals surface area contributed by atoms with E-state index in [1.54, 1.807) is 0 Å². The summed E-state index contributed by atoms with van der Waals surface area (Å²) in [6.45, 7) is 7.74. The maximum Gasteiger partial charge on any atom is 0.314 e. The highest BCUT2D eigenvalue weighted by Gasteiger charge is 2.35. The summed E-state index contributed by atoms with van der Waals surface area (Å²) in [7, 11) is 0. The first-order valence-corrected chi connectivity index (χ1v) is 18.6. The summed E-state index contributed by atoms with van der Waals surface area (Å²) < 4.78 is 0.145. The Morgan fingerprint density at radius 3 is 1.10 bits per heavy atom. The molecule has 0 aromatic heterocycles. The van der Waals surface area contributed by atoms with Gasteiger partial charge in [0.05, 0.1) is 19.6 Å². The highest BCUT2D eigenvalue weighted by molar-refractivity contribution is 5.82. The molecule has 0 fully saturated rings. The van der Waals surface area contributed by atoms with E-state index in [0.29, 0.717) is 25.9 Å². The first-order valence-electron chi connectivity index (χ1n) is 18.6. The average Bonchev–Trinajstić information content (AvgIpc) is 2.97. The molecular weight excluding hydrogens is 542 g/mol. The maximum atomic E-state index is 13.2. The van der Waals surface area contributed by atoms with Crippen molar-refractivity contribution in [1.82, 2.24) is 0 Å². The fourth-order valence-electron chi connectivity index (χ4n) is 6.22. The van der Waals surface area contributed by atoms with Gasteiger partial charge in [-0.2, -0.15) is 0 Å². The number of carbonyl (C=O) groups excluding carboxylic acids is 2. The summed E-state index contributed by atoms with van der Waals surface area (Å²) in [5.74, 6) is 0.352. The number of quaternary nitrogens is 1. The Bertz CT molecular complexity index is 585. The zero-order valence-electron chi connectivity index (χ0n) is 28.7. The monoisotopic (exact) mass is 616 g/mol. The average molecular weight is 616 g/mol. The number of ketones is 1. The van der Waals surface area contributed by atoms with Crippen molar-refractivity contribution in [3.63, 3.8) is 0 Å². The lowest BCUT2D eigenvalue weighted by Crippen LogP contribution is -3.00. The van der Waals surface area contributed by atoms with Crippen LogP contribution in [0.4, 0.5) is 0 Å². The van der Waals surface area contributed by atoms with Crippen molar-refractivity contribution < 1.29 is 31.6 Å². The van der Waals surface area contributed by atoms with Crippen LogP contribution in [0.5, 0.6) is 0 Å². The van der Waals surface area contributed by atoms with E-state index in [4.69, 9.17) is 0 Å². The molecule has 5 heteroatoms. The molecule has 0 saturated carbocycles. The number of hydrogen-bond acceptors (Lipinski definition) is 3. The highest BCUT2D eigenvalue weighted by atomic mass is 35.5. The summed E-state index contributed by atoms with van der Waals surface area (Å²) in [6, 6.07) is 0. The lowest BCUT2D eigenvalue weighted by molar-refractivity contribution is -0.845. The van der Waals surface area contributed by atoms with Crippen molar-refractivity contribution in [2.45, 2.75) is 201 Å². The van der Waals surface area contributed by atoms with E-state index in [1.807, 2.05) is 6.92 Å². The van der Waals surface area contributed by atoms with E-state index < -0.39 is 0 Å². The third-order valence-electron chi connectivity index (χ3n) is 9.19. The SMILES string of the molecule is CCCCCCCCCCCCCCCC(=O)C[N+](CC)(CCO)C(=O)CCCCCCCCCCCCCCC.[Cl-]. The van der Waals surface area contributed by atoms with Gasteiger partial charge in [-0.3, -0.25) is 9.28 Å². The smallest absolute Gasteiger partial charge is 0.314 e. The quantitative estimate of drug-likeness (QED) is 0.0603. The standard InChI is InChI=1S/C37H74NO3.ClH/c1-4-7-9-11-13-15-17-19-21-23-25-27-29-31-36(40)35-38(6-3,33-34-39)37(41)32-30-28-26-24-22-20-18-16-14-12-10-8-5-2;/h39H,4-35H2,1-3H3;1H/q+1;/p-1. The zero-order chi connectivity index (χ0) is 30.3. The Morgan fingerprint density at radius 1 is 0.476 bits per heavy atom. The highest BCUT2D eigenvalue weighted by Crippen LogP contribution is 2.18. The Kier molecular flexibility index (Phi) is 34.8. The van der Waals surface area contributed by atoms with Crippen LogP contribution in [0.2, 0.25) is 0 Å². The number of rotatable bonds is 33. The zero-order valence-corrected chi connectivity index (χ0v) is 29.5. The second kappa shape index (κ2) is 33.4. The van der Waals surface area contributed by atoms with Crippen molar-refractivity contribution in [2.24, 2.45) is 0 Å². The molecule has 0 aliphatic carbocycles. The van der Waals surface area contributed by atoms with Crippen LogP contribution in [-0.2, 0) is 9.59 Å². The van der Waals surface area contributed by atoms with Crippen LogP contribution in [0, 0.1) is 0 Å². The Hall–Kier alpha value is -0.450. The molecule has 1 unspecified atom stereocenters. The number of hydrogen-bond donors (Lipinski definition) is 1.